The molecule has 2 fully saturated rings. The summed E-state index contributed by atoms with van der Waals surface area (Å²) in [5.41, 5.74) is 1.78. The maximum atomic E-state index is 13.1. The first-order valence-electron chi connectivity index (χ1n) is 13.3. The predicted octanol–water partition coefficient (Wildman–Crippen LogP) is 3.38. The van der Waals surface area contributed by atoms with Gasteiger partial charge in [0.05, 0.1) is 0 Å². The summed E-state index contributed by atoms with van der Waals surface area (Å²) in [7, 11) is 2.10. The van der Waals surface area contributed by atoms with E-state index in [2.05, 4.69) is 36.0 Å². The second kappa shape index (κ2) is 13.7. The van der Waals surface area contributed by atoms with Crippen LogP contribution < -0.4 is 5.32 Å². The number of anilines is 1. The number of likely N-dealkylation sites (tertiary alicyclic amines) is 1. The molecule has 1 unspecified atom stereocenters. The van der Waals surface area contributed by atoms with E-state index in [0.29, 0.717) is 18.4 Å². The number of piperazine rings is 1. The standard InChI is InChI=1S/C27H45N5O2/c1-4-9-23(2)28-25-11-8-10-24(22-25)27(34)32-20-18-30(19-21-32)17-16-29(3)15-12-26(33)31-13-6-5-7-14-31/h8,10-11,22-23,28H,4-7,9,12-21H2,1-3H3. The number of piperidine rings is 1. The van der Waals surface area contributed by atoms with Gasteiger partial charge in [-0.1, -0.05) is 19.4 Å². The lowest BCUT2D eigenvalue weighted by molar-refractivity contribution is -0.132. The highest BCUT2D eigenvalue weighted by molar-refractivity contribution is 5.95. The normalized spacial score (nSPS) is 18.2. The molecule has 2 saturated heterocycles. The van der Waals surface area contributed by atoms with E-state index in [1.807, 2.05) is 34.1 Å². The molecule has 190 valence electrons. The monoisotopic (exact) mass is 471 g/mol. The van der Waals surface area contributed by atoms with Crippen molar-refractivity contribution in [1.82, 2.24) is 19.6 Å². The van der Waals surface area contributed by atoms with Gasteiger partial charge in [0.1, 0.15) is 0 Å². The van der Waals surface area contributed by atoms with E-state index in [1.54, 1.807) is 0 Å². The molecule has 7 heteroatoms. The van der Waals surface area contributed by atoms with Crippen molar-refractivity contribution in [2.75, 3.05) is 71.3 Å². The first-order valence-corrected chi connectivity index (χ1v) is 13.3. The molecule has 2 amide bonds. The maximum Gasteiger partial charge on any atom is 0.254 e. The zero-order valence-electron chi connectivity index (χ0n) is 21.6. The van der Waals surface area contributed by atoms with E-state index in [1.165, 1.54) is 6.42 Å². The van der Waals surface area contributed by atoms with Crippen LogP contribution >= 0.6 is 0 Å². The molecule has 2 aliphatic rings. The number of hydrogen-bond acceptors (Lipinski definition) is 5. The molecular formula is C27H45N5O2. The van der Waals surface area contributed by atoms with Crippen molar-refractivity contribution >= 4 is 17.5 Å². The van der Waals surface area contributed by atoms with E-state index in [0.717, 1.165) is 95.8 Å². The van der Waals surface area contributed by atoms with Crippen molar-refractivity contribution in [3.63, 3.8) is 0 Å². The first-order chi connectivity index (χ1) is 16.5. The van der Waals surface area contributed by atoms with Crippen LogP contribution in [0.3, 0.4) is 0 Å². The molecule has 0 radical (unpaired) electrons. The lowest BCUT2D eigenvalue weighted by Crippen LogP contribution is -2.50. The number of amides is 2. The molecule has 2 heterocycles. The van der Waals surface area contributed by atoms with Crippen LogP contribution in [-0.2, 0) is 4.79 Å². The van der Waals surface area contributed by atoms with Crippen molar-refractivity contribution in [2.45, 2.75) is 58.4 Å². The number of likely N-dealkylation sites (N-methyl/N-ethyl adjacent to an activating group) is 1. The van der Waals surface area contributed by atoms with Crippen LogP contribution in [0.4, 0.5) is 5.69 Å². The average Bonchev–Trinajstić information content (AvgIpc) is 2.86. The smallest absolute Gasteiger partial charge is 0.254 e. The third-order valence-electron chi connectivity index (χ3n) is 7.12. The van der Waals surface area contributed by atoms with E-state index >= 15 is 0 Å². The number of nitrogens with zero attached hydrogens (tertiary/aromatic N) is 4. The molecule has 1 aromatic rings. The molecular weight excluding hydrogens is 426 g/mol. The first kappa shape index (κ1) is 26.5. The SMILES string of the molecule is CCCC(C)Nc1cccc(C(=O)N2CCN(CCN(C)CCC(=O)N3CCCCC3)CC2)c1. The second-order valence-electron chi connectivity index (χ2n) is 10.0. The van der Waals surface area contributed by atoms with E-state index in [-0.39, 0.29) is 5.91 Å². The molecule has 2 aliphatic heterocycles. The van der Waals surface area contributed by atoms with Crippen molar-refractivity contribution in [3.8, 4) is 0 Å². The molecule has 0 spiro atoms. The van der Waals surface area contributed by atoms with E-state index in [4.69, 9.17) is 0 Å². The van der Waals surface area contributed by atoms with E-state index in [9.17, 15) is 9.59 Å². The minimum atomic E-state index is 0.125. The molecule has 0 saturated carbocycles. The molecule has 0 aromatic heterocycles. The topological polar surface area (TPSA) is 59.1 Å². The van der Waals surface area contributed by atoms with Gasteiger partial charge in [0.25, 0.3) is 5.91 Å². The Labute approximate surface area is 206 Å². The van der Waals surface area contributed by atoms with Crippen molar-refractivity contribution in [3.05, 3.63) is 29.8 Å². The van der Waals surface area contributed by atoms with Gasteiger partial charge >= 0.3 is 0 Å². The Morgan fingerprint density at radius 1 is 1.00 bits per heavy atom. The lowest BCUT2D eigenvalue weighted by Gasteiger charge is -2.35. The van der Waals surface area contributed by atoms with Crippen LogP contribution in [0.5, 0.6) is 0 Å². The zero-order chi connectivity index (χ0) is 24.3. The fourth-order valence-corrected chi connectivity index (χ4v) is 4.90. The average molecular weight is 472 g/mol. The molecule has 1 atom stereocenters. The fraction of sp³-hybridized carbons (Fsp3) is 0.704. The third kappa shape index (κ3) is 8.27. The number of benzene rings is 1. The highest BCUT2D eigenvalue weighted by atomic mass is 16.2. The summed E-state index contributed by atoms with van der Waals surface area (Å²) in [5.74, 6) is 0.428. The van der Waals surface area contributed by atoms with Gasteiger partial charge < -0.3 is 20.0 Å². The Morgan fingerprint density at radius 2 is 1.74 bits per heavy atom. The number of hydrogen-bond donors (Lipinski definition) is 1. The minimum absolute atomic E-state index is 0.125. The fourth-order valence-electron chi connectivity index (χ4n) is 4.90. The van der Waals surface area contributed by atoms with Crippen LogP contribution in [0, 0.1) is 0 Å². The van der Waals surface area contributed by atoms with Gasteiger partial charge in [0, 0.05) is 82.6 Å². The molecule has 7 nitrogen and oxygen atoms in total. The van der Waals surface area contributed by atoms with Gasteiger partial charge in [-0.15, -0.1) is 0 Å². The minimum Gasteiger partial charge on any atom is -0.383 e. The lowest BCUT2D eigenvalue weighted by atomic mass is 10.1. The summed E-state index contributed by atoms with van der Waals surface area (Å²) < 4.78 is 0. The molecule has 3 rings (SSSR count). The highest BCUT2D eigenvalue weighted by Crippen LogP contribution is 2.16. The number of carbonyl (C=O) groups is 2. The Balaban J connectivity index is 1.36. The van der Waals surface area contributed by atoms with Crippen LogP contribution in [0.1, 0.15) is 62.7 Å². The Hall–Kier alpha value is -2.12. The maximum absolute atomic E-state index is 13.1. The Bertz CT molecular complexity index is 772. The molecule has 34 heavy (non-hydrogen) atoms. The van der Waals surface area contributed by atoms with Gasteiger partial charge in [0.15, 0.2) is 0 Å². The summed E-state index contributed by atoms with van der Waals surface area (Å²) in [4.78, 5) is 34.1. The number of carbonyl (C=O) groups excluding carboxylic acids is 2. The summed E-state index contributed by atoms with van der Waals surface area (Å²) in [6, 6.07) is 8.32. The van der Waals surface area contributed by atoms with Crippen LogP contribution in [0.2, 0.25) is 0 Å². The van der Waals surface area contributed by atoms with Crippen LogP contribution in [-0.4, -0.2) is 103 Å². The molecule has 1 N–H and O–H groups in total. The summed E-state index contributed by atoms with van der Waals surface area (Å²) in [6.07, 6.45) is 6.43. The summed E-state index contributed by atoms with van der Waals surface area (Å²) >= 11 is 0. The number of rotatable bonds is 11. The molecule has 1 aromatic carbocycles. The van der Waals surface area contributed by atoms with E-state index < -0.39 is 0 Å². The van der Waals surface area contributed by atoms with Crippen molar-refractivity contribution < 1.29 is 9.59 Å². The van der Waals surface area contributed by atoms with Crippen LogP contribution in [0.25, 0.3) is 0 Å². The predicted molar refractivity (Wildman–Crippen MR) is 139 cm³/mol. The van der Waals surface area contributed by atoms with Crippen LogP contribution in [0.15, 0.2) is 24.3 Å². The summed E-state index contributed by atoms with van der Waals surface area (Å²) in [5, 5.41) is 3.50. The van der Waals surface area contributed by atoms with Crippen molar-refractivity contribution in [1.29, 1.82) is 0 Å². The number of nitrogens with one attached hydrogen (secondary N) is 1. The van der Waals surface area contributed by atoms with Gasteiger partial charge in [0.2, 0.25) is 5.91 Å². The van der Waals surface area contributed by atoms with Gasteiger partial charge in [-0.2, -0.15) is 0 Å². The van der Waals surface area contributed by atoms with Crippen molar-refractivity contribution in [2.24, 2.45) is 0 Å². The highest BCUT2D eigenvalue weighted by Gasteiger charge is 2.23. The third-order valence-corrected chi connectivity index (χ3v) is 7.12. The largest absolute Gasteiger partial charge is 0.383 e. The summed E-state index contributed by atoms with van der Waals surface area (Å²) in [6.45, 7) is 12.3. The zero-order valence-corrected chi connectivity index (χ0v) is 21.6. The van der Waals surface area contributed by atoms with Gasteiger partial charge in [-0.25, -0.2) is 0 Å². The van der Waals surface area contributed by atoms with Gasteiger partial charge in [-0.3, -0.25) is 14.5 Å². The molecule has 0 bridgehead atoms. The Kier molecular flexibility index (Phi) is 10.7. The molecule has 0 aliphatic carbocycles. The second-order valence-corrected chi connectivity index (χ2v) is 10.0. The van der Waals surface area contributed by atoms with Gasteiger partial charge in [-0.05, 0) is 57.9 Å². The quantitative estimate of drug-likeness (QED) is 0.536. The Morgan fingerprint density at radius 3 is 2.44 bits per heavy atom.